The van der Waals surface area contributed by atoms with Gasteiger partial charge in [0.25, 0.3) is 0 Å². The number of benzene rings is 3. The van der Waals surface area contributed by atoms with Crippen molar-refractivity contribution >= 4 is 29.6 Å². The SMILES string of the molecule is COCCOCC(=O)N[C@H](C)C(=O)NC(C)C(=O)N[C@@](CC(=O)O)(C(N)=O)C1(CO)C=CC(NC(c2ccccc2)(c2ccccc2)c2ccccc2)=CC1. The summed E-state index contributed by atoms with van der Waals surface area (Å²) in [4.78, 5) is 64.5. The third-order valence-electron chi connectivity index (χ3n) is 9.71. The molecular weight excluding hydrogens is 706 g/mol. The molecule has 0 radical (unpaired) electrons. The molecule has 0 saturated carbocycles. The van der Waals surface area contributed by atoms with Gasteiger partial charge < -0.3 is 46.7 Å². The Balaban J connectivity index is 1.63. The first kappa shape index (κ1) is 41.9. The van der Waals surface area contributed by atoms with E-state index in [0.717, 1.165) is 16.7 Å². The molecule has 8 N–H and O–H groups in total. The number of carboxylic acids is 1. The van der Waals surface area contributed by atoms with Crippen molar-refractivity contribution in [1.29, 1.82) is 0 Å². The average molecular weight is 756 g/mol. The fourth-order valence-electron chi connectivity index (χ4n) is 6.68. The summed E-state index contributed by atoms with van der Waals surface area (Å²) in [6.07, 6.45) is 3.74. The van der Waals surface area contributed by atoms with Crippen molar-refractivity contribution in [3.05, 3.63) is 132 Å². The van der Waals surface area contributed by atoms with E-state index in [9.17, 15) is 34.2 Å². The summed E-state index contributed by atoms with van der Waals surface area (Å²) in [6, 6.07) is 27.0. The highest BCUT2D eigenvalue weighted by Gasteiger charge is 2.57. The van der Waals surface area contributed by atoms with Gasteiger partial charge in [-0.15, -0.1) is 0 Å². The molecule has 3 aromatic rings. The first-order valence-corrected chi connectivity index (χ1v) is 17.8. The normalized spacial score (nSPS) is 17.4. The summed E-state index contributed by atoms with van der Waals surface area (Å²) in [5.41, 5.74) is 4.29. The van der Waals surface area contributed by atoms with Gasteiger partial charge in [-0.1, -0.05) is 103 Å². The number of methoxy groups -OCH3 is 1. The van der Waals surface area contributed by atoms with Crippen LogP contribution in [0.5, 0.6) is 0 Å². The molecule has 4 atom stereocenters. The van der Waals surface area contributed by atoms with Gasteiger partial charge in [-0.25, -0.2) is 0 Å². The summed E-state index contributed by atoms with van der Waals surface area (Å²) < 4.78 is 10.0. The third-order valence-corrected chi connectivity index (χ3v) is 9.71. The molecule has 0 bridgehead atoms. The largest absolute Gasteiger partial charge is 0.481 e. The highest BCUT2D eigenvalue weighted by molar-refractivity contribution is 5.98. The van der Waals surface area contributed by atoms with E-state index in [0.29, 0.717) is 5.70 Å². The third kappa shape index (κ3) is 9.65. The molecule has 0 heterocycles. The molecule has 4 amide bonds. The molecule has 0 aliphatic heterocycles. The fourth-order valence-corrected chi connectivity index (χ4v) is 6.68. The maximum atomic E-state index is 13.7. The molecule has 3 aromatic carbocycles. The Morgan fingerprint density at radius 3 is 1.78 bits per heavy atom. The van der Waals surface area contributed by atoms with Gasteiger partial charge >= 0.3 is 5.97 Å². The van der Waals surface area contributed by atoms with Gasteiger partial charge in [0, 0.05) is 18.2 Å². The zero-order chi connectivity index (χ0) is 40.1. The molecule has 14 nitrogen and oxygen atoms in total. The number of nitrogens with one attached hydrogen (secondary N) is 4. The smallest absolute Gasteiger partial charge is 0.306 e. The Hall–Kier alpha value is -5.83. The van der Waals surface area contributed by atoms with Crippen molar-refractivity contribution in [3.63, 3.8) is 0 Å². The number of allylic oxidation sites excluding steroid dienone is 2. The van der Waals surface area contributed by atoms with E-state index >= 15 is 0 Å². The Labute approximate surface area is 320 Å². The Morgan fingerprint density at radius 1 is 0.818 bits per heavy atom. The van der Waals surface area contributed by atoms with Gasteiger partial charge in [-0.2, -0.15) is 0 Å². The van der Waals surface area contributed by atoms with Crippen LogP contribution in [0.2, 0.25) is 0 Å². The van der Waals surface area contributed by atoms with Crippen molar-refractivity contribution in [2.24, 2.45) is 11.1 Å². The summed E-state index contributed by atoms with van der Waals surface area (Å²) in [7, 11) is 1.48. The van der Waals surface area contributed by atoms with Gasteiger partial charge in [-0.3, -0.25) is 24.0 Å². The number of carbonyl (C=O) groups excluding carboxylic acids is 4. The number of hydrogen-bond acceptors (Lipinski definition) is 9. The topological polar surface area (TPSA) is 218 Å². The van der Waals surface area contributed by atoms with Crippen LogP contribution in [0.25, 0.3) is 0 Å². The van der Waals surface area contributed by atoms with Crippen LogP contribution in [0.1, 0.15) is 43.4 Å². The second kappa shape index (κ2) is 19.0. The van der Waals surface area contributed by atoms with Crippen LogP contribution >= 0.6 is 0 Å². The van der Waals surface area contributed by atoms with Crippen molar-refractivity contribution < 1.29 is 43.7 Å². The van der Waals surface area contributed by atoms with Crippen LogP contribution in [0.15, 0.2) is 115 Å². The minimum atomic E-state index is -2.35. The lowest BCUT2D eigenvalue weighted by Gasteiger charge is -2.47. The number of nitrogens with two attached hydrogens (primary N) is 1. The van der Waals surface area contributed by atoms with Crippen molar-refractivity contribution in [3.8, 4) is 0 Å². The molecular formula is C41H49N5O9. The molecule has 0 saturated heterocycles. The van der Waals surface area contributed by atoms with Gasteiger partial charge in [0.15, 0.2) is 0 Å². The minimum absolute atomic E-state index is 0.121. The number of aliphatic hydroxyl groups is 1. The van der Waals surface area contributed by atoms with Gasteiger partial charge in [0.2, 0.25) is 23.6 Å². The quantitative estimate of drug-likeness (QED) is 0.0656. The van der Waals surface area contributed by atoms with Crippen molar-refractivity contribution in [2.45, 2.75) is 49.9 Å². The highest BCUT2D eigenvalue weighted by atomic mass is 16.5. The molecule has 0 spiro atoms. The molecule has 292 valence electrons. The number of carbonyl (C=O) groups is 5. The fraction of sp³-hybridized carbons (Fsp3) is 0.341. The zero-order valence-electron chi connectivity index (χ0n) is 31.1. The van der Waals surface area contributed by atoms with Crippen LogP contribution in [0.4, 0.5) is 0 Å². The molecule has 14 heteroatoms. The van der Waals surface area contributed by atoms with Crippen molar-refractivity contribution in [1.82, 2.24) is 21.3 Å². The second-order valence-corrected chi connectivity index (χ2v) is 13.4. The van der Waals surface area contributed by atoms with E-state index < -0.39 is 71.2 Å². The Kier molecular flexibility index (Phi) is 14.5. The average Bonchev–Trinajstić information content (AvgIpc) is 3.19. The number of rotatable bonds is 20. The van der Waals surface area contributed by atoms with Gasteiger partial charge in [0.05, 0.1) is 26.2 Å². The summed E-state index contributed by atoms with van der Waals surface area (Å²) in [6.45, 7) is 2.08. The first-order chi connectivity index (χ1) is 26.3. The molecule has 55 heavy (non-hydrogen) atoms. The summed E-state index contributed by atoms with van der Waals surface area (Å²) in [5.74, 6) is -4.92. The number of hydrogen-bond donors (Lipinski definition) is 7. The molecule has 0 fully saturated rings. The second-order valence-electron chi connectivity index (χ2n) is 13.4. The van der Waals surface area contributed by atoms with Gasteiger partial charge in [-0.05, 0) is 43.0 Å². The zero-order valence-corrected chi connectivity index (χ0v) is 31.1. The molecule has 0 aromatic heterocycles. The maximum Gasteiger partial charge on any atom is 0.306 e. The van der Waals surface area contributed by atoms with Crippen LogP contribution in [-0.4, -0.2) is 91.0 Å². The Bertz CT molecular complexity index is 1760. The van der Waals surface area contributed by atoms with E-state index in [1.165, 1.54) is 27.0 Å². The lowest BCUT2D eigenvalue weighted by molar-refractivity contribution is -0.149. The number of primary amides is 1. The number of carboxylic acid groups (broad SMARTS) is 1. The summed E-state index contributed by atoms with van der Waals surface area (Å²) in [5, 5.41) is 32.1. The molecule has 1 aliphatic rings. The van der Waals surface area contributed by atoms with E-state index in [1.54, 1.807) is 12.2 Å². The van der Waals surface area contributed by atoms with E-state index in [4.69, 9.17) is 15.2 Å². The predicted octanol–water partition coefficient (Wildman–Crippen LogP) is 1.88. The molecule has 1 aliphatic carbocycles. The minimum Gasteiger partial charge on any atom is -0.481 e. The number of ether oxygens (including phenoxy) is 2. The molecule has 4 rings (SSSR count). The van der Waals surface area contributed by atoms with E-state index in [-0.39, 0.29) is 26.2 Å². The van der Waals surface area contributed by atoms with Crippen molar-refractivity contribution in [2.75, 3.05) is 33.5 Å². The van der Waals surface area contributed by atoms with Gasteiger partial charge in [0.1, 0.15) is 29.8 Å². The predicted molar refractivity (Wildman–Crippen MR) is 204 cm³/mol. The van der Waals surface area contributed by atoms with Crippen LogP contribution in [-0.2, 0) is 39.0 Å². The first-order valence-electron chi connectivity index (χ1n) is 17.8. The van der Waals surface area contributed by atoms with Crippen LogP contribution in [0, 0.1) is 5.41 Å². The standard InChI is InChI=1S/C41H49N5O9/c1-28(43-34(48)26-55-24-23-54-3)36(51)44-29(2)37(52)46-40(38(42)53,25-35(49)50)39(27-47)21-19-33(20-22-39)45-41(30-13-7-4-8-14-30,31-15-9-5-10-16-31)32-17-11-6-12-18-32/h4-21,28-29,45,47H,22-27H2,1-3H3,(H2,42,53)(H,43,48)(H,44,51)(H,46,52)(H,49,50)/t28-,29?,39?,40+/m1/s1. The van der Waals surface area contributed by atoms with E-state index in [1.807, 2.05) is 91.0 Å². The Morgan fingerprint density at radius 2 is 1.35 bits per heavy atom. The number of aliphatic hydroxyl groups excluding tert-OH is 1. The van der Waals surface area contributed by atoms with Crippen LogP contribution in [0.3, 0.4) is 0 Å². The lowest BCUT2D eigenvalue weighted by Crippen LogP contribution is -2.70. The number of amides is 4. The molecule has 2 unspecified atom stereocenters. The lowest BCUT2D eigenvalue weighted by atomic mass is 9.63. The number of aliphatic carboxylic acids is 1. The van der Waals surface area contributed by atoms with E-state index in [2.05, 4.69) is 21.3 Å². The highest BCUT2D eigenvalue weighted by Crippen LogP contribution is 2.44. The van der Waals surface area contributed by atoms with Crippen LogP contribution < -0.4 is 27.0 Å². The maximum absolute atomic E-state index is 13.7. The monoisotopic (exact) mass is 755 g/mol. The summed E-state index contributed by atoms with van der Waals surface area (Å²) >= 11 is 0.